The Bertz CT molecular complexity index is 289. The standard InChI is InChI=1S/C13H24N2S/c1-5-15(6-2)13(3,4)12(14)9-11-7-8-16-10-11/h7-8,10,12H,5-6,9,14H2,1-4H3. The predicted molar refractivity (Wildman–Crippen MR) is 73.0 cm³/mol. The summed E-state index contributed by atoms with van der Waals surface area (Å²) in [5.74, 6) is 0. The fourth-order valence-electron chi connectivity index (χ4n) is 2.19. The van der Waals surface area contributed by atoms with Crippen LogP contribution in [-0.4, -0.2) is 29.6 Å². The first-order valence-electron chi connectivity index (χ1n) is 6.04. The Morgan fingerprint density at radius 3 is 2.44 bits per heavy atom. The second-order valence-corrected chi connectivity index (χ2v) is 5.55. The molecule has 16 heavy (non-hydrogen) atoms. The second-order valence-electron chi connectivity index (χ2n) is 4.77. The van der Waals surface area contributed by atoms with E-state index in [1.54, 1.807) is 11.3 Å². The Morgan fingerprint density at radius 1 is 1.38 bits per heavy atom. The number of likely N-dealkylation sites (N-methyl/N-ethyl adjacent to an activating group) is 1. The quantitative estimate of drug-likeness (QED) is 0.828. The number of nitrogens with zero attached hydrogens (tertiary/aromatic N) is 1. The molecule has 1 rings (SSSR count). The van der Waals surface area contributed by atoms with Gasteiger partial charge in [-0.25, -0.2) is 0 Å². The zero-order valence-electron chi connectivity index (χ0n) is 10.9. The van der Waals surface area contributed by atoms with Crippen LogP contribution in [0.3, 0.4) is 0 Å². The fourth-order valence-corrected chi connectivity index (χ4v) is 2.87. The molecule has 0 aliphatic heterocycles. The van der Waals surface area contributed by atoms with Crippen LogP contribution >= 0.6 is 11.3 Å². The highest BCUT2D eigenvalue weighted by atomic mass is 32.1. The molecule has 1 heterocycles. The Morgan fingerprint density at radius 2 is 2.00 bits per heavy atom. The molecule has 0 fully saturated rings. The molecule has 2 nitrogen and oxygen atoms in total. The van der Waals surface area contributed by atoms with Crippen LogP contribution in [0.2, 0.25) is 0 Å². The molecule has 0 aliphatic carbocycles. The van der Waals surface area contributed by atoms with Crippen LogP contribution in [-0.2, 0) is 6.42 Å². The molecule has 0 saturated heterocycles. The minimum absolute atomic E-state index is 0.0609. The Balaban J connectivity index is 2.67. The number of hydrogen-bond acceptors (Lipinski definition) is 3. The van der Waals surface area contributed by atoms with Crippen LogP contribution in [0.1, 0.15) is 33.3 Å². The zero-order valence-corrected chi connectivity index (χ0v) is 11.7. The molecule has 1 aromatic rings. The van der Waals surface area contributed by atoms with E-state index in [-0.39, 0.29) is 11.6 Å². The van der Waals surface area contributed by atoms with Crippen molar-refractivity contribution in [2.45, 2.75) is 45.7 Å². The van der Waals surface area contributed by atoms with Crippen molar-refractivity contribution < 1.29 is 0 Å². The number of hydrogen-bond donors (Lipinski definition) is 1. The van der Waals surface area contributed by atoms with Crippen LogP contribution in [0.5, 0.6) is 0 Å². The summed E-state index contributed by atoms with van der Waals surface area (Å²) in [5.41, 5.74) is 7.78. The van der Waals surface area contributed by atoms with E-state index in [1.165, 1.54) is 5.56 Å². The van der Waals surface area contributed by atoms with Gasteiger partial charge in [0, 0.05) is 11.6 Å². The van der Waals surface area contributed by atoms with E-state index >= 15 is 0 Å². The molecule has 0 aromatic carbocycles. The third kappa shape index (κ3) is 3.06. The first kappa shape index (κ1) is 13.7. The van der Waals surface area contributed by atoms with Crippen molar-refractivity contribution in [1.29, 1.82) is 0 Å². The van der Waals surface area contributed by atoms with Crippen LogP contribution in [0.4, 0.5) is 0 Å². The molecule has 92 valence electrons. The van der Waals surface area contributed by atoms with E-state index < -0.39 is 0 Å². The summed E-state index contributed by atoms with van der Waals surface area (Å²) in [6.45, 7) is 11.0. The van der Waals surface area contributed by atoms with Gasteiger partial charge in [0.15, 0.2) is 0 Å². The van der Waals surface area contributed by atoms with E-state index in [0.29, 0.717) is 0 Å². The SMILES string of the molecule is CCN(CC)C(C)(C)C(N)Cc1ccsc1. The molecule has 0 bridgehead atoms. The fraction of sp³-hybridized carbons (Fsp3) is 0.692. The molecule has 1 unspecified atom stereocenters. The highest BCUT2D eigenvalue weighted by Gasteiger charge is 2.31. The average Bonchev–Trinajstić information content (AvgIpc) is 2.71. The van der Waals surface area contributed by atoms with E-state index in [0.717, 1.165) is 19.5 Å². The topological polar surface area (TPSA) is 29.3 Å². The molecule has 0 spiro atoms. The van der Waals surface area contributed by atoms with Gasteiger partial charge in [0.2, 0.25) is 0 Å². The van der Waals surface area contributed by atoms with Gasteiger partial charge in [-0.2, -0.15) is 11.3 Å². The molecule has 3 heteroatoms. The lowest BCUT2D eigenvalue weighted by Gasteiger charge is -2.41. The first-order chi connectivity index (χ1) is 7.52. The van der Waals surface area contributed by atoms with Gasteiger partial charge >= 0.3 is 0 Å². The van der Waals surface area contributed by atoms with E-state index in [9.17, 15) is 0 Å². The van der Waals surface area contributed by atoms with Crippen molar-refractivity contribution in [1.82, 2.24) is 4.90 Å². The van der Waals surface area contributed by atoms with Crippen molar-refractivity contribution in [3.63, 3.8) is 0 Å². The van der Waals surface area contributed by atoms with Gasteiger partial charge < -0.3 is 5.73 Å². The van der Waals surface area contributed by atoms with E-state index in [1.807, 2.05) is 0 Å². The minimum atomic E-state index is 0.0609. The highest BCUT2D eigenvalue weighted by molar-refractivity contribution is 7.07. The lowest BCUT2D eigenvalue weighted by Crippen LogP contribution is -2.56. The molecular formula is C13H24N2S. The summed E-state index contributed by atoms with van der Waals surface area (Å²) < 4.78 is 0. The van der Waals surface area contributed by atoms with E-state index in [2.05, 4.69) is 49.4 Å². The highest BCUT2D eigenvalue weighted by Crippen LogP contribution is 2.21. The van der Waals surface area contributed by atoms with Gasteiger partial charge in [0.05, 0.1) is 0 Å². The molecular weight excluding hydrogens is 216 g/mol. The summed E-state index contributed by atoms with van der Waals surface area (Å²) in [7, 11) is 0. The smallest absolute Gasteiger partial charge is 0.0307 e. The largest absolute Gasteiger partial charge is 0.326 e. The summed E-state index contributed by atoms with van der Waals surface area (Å²) in [5, 5.41) is 4.31. The minimum Gasteiger partial charge on any atom is -0.326 e. The summed E-state index contributed by atoms with van der Waals surface area (Å²) in [6, 6.07) is 2.35. The lowest BCUT2D eigenvalue weighted by molar-refractivity contribution is 0.106. The molecule has 2 N–H and O–H groups in total. The van der Waals surface area contributed by atoms with Gasteiger partial charge in [0.25, 0.3) is 0 Å². The third-order valence-electron chi connectivity index (χ3n) is 3.52. The van der Waals surface area contributed by atoms with Crippen LogP contribution in [0, 0.1) is 0 Å². The van der Waals surface area contributed by atoms with Crippen molar-refractivity contribution >= 4 is 11.3 Å². The molecule has 1 atom stereocenters. The van der Waals surface area contributed by atoms with Crippen molar-refractivity contribution in [3.05, 3.63) is 22.4 Å². The average molecular weight is 240 g/mol. The normalized spacial score (nSPS) is 14.4. The van der Waals surface area contributed by atoms with Crippen molar-refractivity contribution in [3.8, 4) is 0 Å². The van der Waals surface area contributed by atoms with Crippen LogP contribution in [0.15, 0.2) is 16.8 Å². The molecule has 0 amide bonds. The van der Waals surface area contributed by atoms with Crippen molar-refractivity contribution in [2.24, 2.45) is 5.73 Å². The maximum atomic E-state index is 6.36. The lowest BCUT2D eigenvalue weighted by atomic mass is 9.89. The number of thiophene rings is 1. The summed E-state index contributed by atoms with van der Waals surface area (Å²) in [4.78, 5) is 2.43. The van der Waals surface area contributed by atoms with Gasteiger partial charge in [-0.05, 0) is 55.7 Å². The van der Waals surface area contributed by atoms with Gasteiger partial charge in [-0.15, -0.1) is 0 Å². The van der Waals surface area contributed by atoms with E-state index in [4.69, 9.17) is 5.73 Å². The van der Waals surface area contributed by atoms with Crippen LogP contribution in [0.25, 0.3) is 0 Å². The van der Waals surface area contributed by atoms with Gasteiger partial charge in [-0.3, -0.25) is 4.90 Å². The van der Waals surface area contributed by atoms with Crippen molar-refractivity contribution in [2.75, 3.05) is 13.1 Å². The maximum Gasteiger partial charge on any atom is 0.0307 e. The molecule has 1 aromatic heterocycles. The summed E-state index contributed by atoms with van der Waals surface area (Å²) in [6.07, 6.45) is 0.965. The number of nitrogens with two attached hydrogens (primary N) is 1. The first-order valence-corrected chi connectivity index (χ1v) is 6.98. The third-order valence-corrected chi connectivity index (χ3v) is 4.25. The van der Waals surface area contributed by atoms with Crippen LogP contribution < -0.4 is 5.73 Å². The molecule has 0 aliphatic rings. The molecule has 0 radical (unpaired) electrons. The second kappa shape index (κ2) is 5.80. The Labute approximate surface area is 103 Å². The van der Waals surface area contributed by atoms with Gasteiger partial charge in [-0.1, -0.05) is 13.8 Å². The van der Waals surface area contributed by atoms with Gasteiger partial charge in [0.1, 0.15) is 0 Å². The summed E-state index contributed by atoms with van der Waals surface area (Å²) >= 11 is 1.74. The number of rotatable bonds is 6. The zero-order chi connectivity index (χ0) is 12.2. The monoisotopic (exact) mass is 240 g/mol. The molecule has 0 saturated carbocycles. The Hall–Kier alpha value is -0.380. The Kier molecular flexibility index (Phi) is 4.96. The maximum absolute atomic E-state index is 6.36. The predicted octanol–water partition coefficient (Wildman–Crippen LogP) is 2.74.